The second-order valence-electron chi connectivity index (χ2n) is 3.48. The molecule has 0 atom stereocenters. The van der Waals surface area contributed by atoms with E-state index in [1.165, 1.54) is 17.6 Å². The molecule has 0 aliphatic rings. The Morgan fingerprint density at radius 1 is 1.12 bits per heavy atom. The zero-order chi connectivity index (χ0) is 12.3. The number of ether oxygens (including phenoxy) is 1. The van der Waals surface area contributed by atoms with E-state index in [2.05, 4.69) is 0 Å². The molecule has 0 bridgehead atoms. The first-order valence-corrected chi connectivity index (χ1v) is 5.14. The Morgan fingerprint density at radius 3 is 2.47 bits per heavy atom. The lowest BCUT2D eigenvalue weighted by Crippen LogP contribution is -2.21. The third-order valence-electron chi connectivity index (χ3n) is 2.20. The first-order chi connectivity index (χ1) is 8.18. The number of aromatic nitrogens is 1. The van der Waals surface area contributed by atoms with Crippen molar-refractivity contribution in [3.63, 3.8) is 0 Å². The molecule has 17 heavy (non-hydrogen) atoms. The molecule has 0 N–H and O–H groups in total. The fourth-order valence-corrected chi connectivity index (χ4v) is 1.50. The van der Waals surface area contributed by atoms with Gasteiger partial charge in [0.1, 0.15) is 0 Å². The Bertz CT molecular complexity index is 587. The number of pyridine rings is 1. The number of benzene rings is 1. The van der Waals surface area contributed by atoms with Crippen LogP contribution in [0.4, 0.5) is 0 Å². The number of para-hydroxylation sites is 1. The quantitative estimate of drug-likeness (QED) is 0.737. The van der Waals surface area contributed by atoms with Crippen LogP contribution in [0.2, 0.25) is 0 Å². The van der Waals surface area contributed by atoms with Gasteiger partial charge in [0, 0.05) is 18.8 Å². The normalized spacial score (nSPS) is 9.94. The summed E-state index contributed by atoms with van der Waals surface area (Å²) in [5.41, 5.74) is 0.375. The first kappa shape index (κ1) is 11.1. The van der Waals surface area contributed by atoms with Crippen LogP contribution in [0.15, 0.2) is 53.5 Å². The van der Waals surface area contributed by atoms with Crippen LogP contribution in [0.5, 0.6) is 5.75 Å². The molecule has 1 aromatic carbocycles. The maximum absolute atomic E-state index is 12.0. The molecule has 4 nitrogen and oxygen atoms in total. The summed E-state index contributed by atoms with van der Waals surface area (Å²) < 4.78 is 6.26. The van der Waals surface area contributed by atoms with Gasteiger partial charge >= 0.3 is 5.97 Å². The molecule has 4 heteroatoms. The van der Waals surface area contributed by atoms with Crippen LogP contribution >= 0.6 is 0 Å². The molecule has 0 fully saturated rings. The van der Waals surface area contributed by atoms with Gasteiger partial charge in [-0.3, -0.25) is 14.2 Å². The van der Waals surface area contributed by atoms with Crippen LogP contribution in [-0.2, 0) is 4.79 Å². The van der Waals surface area contributed by atoms with Crippen LogP contribution in [-0.4, -0.2) is 10.5 Å². The van der Waals surface area contributed by atoms with Gasteiger partial charge in [0.15, 0.2) is 5.75 Å². The van der Waals surface area contributed by atoms with Crippen LogP contribution < -0.4 is 10.3 Å². The van der Waals surface area contributed by atoms with Crippen molar-refractivity contribution < 1.29 is 9.53 Å². The van der Waals surface area contributed by atoms with Crippen molar-refractivity contribution in [1.29, 1.82) is 0 Å². The summed E-state index contributed by atoms with van der Waals surface area (Å²) in [6.07, 6.45) is 1.63. The van der Waals surface area contributed by atoms with E-state index in [4.69, 9.17) is 4.74 Å². The number of rotatable bonds is 2. The Morgan fingerprint density at radius 2 is 1.82 bits per heavy atom. The minimum absolute atomic E-state index is 0.0313. The van der Waals surface area contributed by atoms with Crippen molar-refractivity contribution in [2.45, 2.75) is 6.92 Å². The highest BCUT2D eigenvalue weighted by Crippen LogP contribution is 2.08. The lowest BCUT2D eigenvalue weighted by atomic mass is 10.3. The molecule has 1 aromatic heterocycles. The molecular weight excluding hydrogens is 218 g/mol. The summed E-state index contributed by atoms with van der Waals surface area (Å²) >= 11 is 0. The molecule has 0 saturated carbocycles. The predicted octanol–water partition coefficient (Wildman–Crippen LogP) is 1.76. The Hall–Kier alpha value is -2.36. The van der Waals surface area contributed by atoms with Gasteiger partial charge in [0.2, 0.25) is 0 Å². The van der Waals surface area contributed by atoms with Crippen molar-refractivity contribution in [2.75, 3.05) is 0 Å². The van der Waals surface area contributed by atoms with Gasteiger partial charge in [-0.1, -0.05) is 18.2 Å². The van der Waals surface area contributed by atoms with Crippen molar-refractivity contribution in [2.24, 2.45) is 0 Å². The lowest BCUT2D eigenvalue weighted by Gasteiger charge is -2.07. The number of hydrogen-bond acceptors (Lipinski definition) is 3. The van der Waals surface area contributed by atoms with Crippen LogP contribution in [0.1, 0.15) is 6.92 Å². The predicted molar refractivity (Wildman–Crippen MR) is 63.3 cm³/mol. The summed E-state index contributed by atoms with van der Waals surface area (Å²) in [4.78, 5) is 22.8. The monoisotopic (exact) mass is 229 g/mol. The number of nitrogens with zero attached hydrogens (tertiary/aromatic N) is 1. The zero-order valence-electron chi connectivity index (χ0n) is 9.29. The van der Waals surface area contributed by atoms with Crippen LogP contribution in [0.25, 0.3) is 5.69 Å². The minimum atomic E-state index is -0.507. The molecule has 0 aliphatic carbocycles. The molecular formula is C13H11NO3. The number of hydrogen-bond donors (Lipinski definition) is 0. The molecule has 0 unspecified atom stereocenters. The molecule has 0 aliphatic heterocycles. The SMILES string of the molecule is CC(=O)Oc1cccn(-c2ccccc2)c1=O. The second-order valence-corrected chi connectivity index (χ2v) is 3.48. The van der Waals surface area contributed by atoms with Gasteiger partial charge in [-0.2, -0.15) is 0 Å². The topological polar surface area (TPSA) is 48.3 Å². The fourth-order valence-electron chi connectivity index (χ4n) is 1.50. The van der Waals surface area contributed by atoms with E-state index in [9.17, 15) is 9.59 Å². The summed E-state index contributed by atoms with van der Waals surface area (Å²) in [7, 11) is 0. The third-order valence-corrected chi connectivity index (χ3v) is 2.20. The molecule has 0 spiro atoms. The molecule has 0 saturated heterocycles. The van der Waals surface area contributed by atoms with E-state index in [0.717, 1.165) is 5.69 Å². The third kappa shape index (κ3) is 2.42. The average Bonchev–Trinajstić information content (AvgIpc) is 2.32. The molecule has 0 amide bonds. The van der Waals surface area contributed by atoms with Crippen molar-refractivity contribution in [1.82, 2.24) is 4.57 Å². The van der Waals surface area contributed by atoms with Gasteiger partial charge < -0.3 is 4.74 Å². The molecule has 2 aromatic rings. The van der Waals surface area contributed by atoms with Crippen LogP contribution in [0, 0.1) is 0 Å². The summed E-state index contributed by atoms with van der Waals surface area (Å²) in [5.74, 6) is -0.475. The Labute approximate surface area is 98.1 Å². The minimum Gasteiger partial charge on any atom is -0.421 e. The number of carbonyl (C=O) groups is 1. The van der Waals surface area contributed by atoms with Gasteiger partial charge in [-0.05, 0) is 24.3 Å². The second kappa shape index (κ2) is 4.65. The van der Waals surface area contributed by atoms with E-state index < -0.39 is 5.97 Å². The van der Waals surface area contributed by atoms with Gasteiger partial charge in [-0.15, -0.1) is 0 Å². The first-order valence-electron chi connectivity index (χ1n) is 5.14. The smallest absolute Gasteiger partial charge is 0.308 e. The Kier molecular flexibility index (Phi) is 3.05. The van der Waals surface area contributed by atoms with Crippen molar-refractivity contribution in [3.8, 4) is 11.4 Å². The Balaban J connectivity index is 2.50. The standard InChI is InChI=1S/C13H11NO3/c1-10(15)17-12-8-5-9-14(13(12)16)11-6-3-2-4-7-11/h2-9H,1H3. The maximum atomic E-state index is 12.0. The van der Waals surface area contributed by atoms with Gasteiger partial charge in [0.05, 0.1) is 0 Å². The largest absolute Gasteiger partial charge is 0.421 e. The zero-order valence-corrected chi connectivity index (χ0v) is 9.29. The lowest BCUT2D eigenvalue weighted by molar-refractivity contribution is -0.131. The summed E-state index contributed by atoms with van der Waals surface area (Å²) in [6.45, 7) is 1.26. The highest BCUT2D eigenvalue weighted by atomic mass is 16.5. The highest BCUT2D eigenvalue weighted by molar-refractivity contribution is 5.69. The van der Waals surface area contributed by atoms with E-state index in [1.54, 1.807) is 24.4 Å². The van der Waals surface area contributed by atoms with E-state index >= 15 is 0 Å². The van der Waals surface area contributed by atoms with Gasteiger partial charge in [-0.25, -0.2) is 0 Å². The number of carbonyl (C=O) groups excluding carboxylic acids is 1. The molecule has 2 rings (SSSR count). The van der Waals surface area contributed by atoms with E-state index in [0.29, 0.717) is 0 Å². The summed E-state index contributed by atoms with van der Waals surface area (Å²) in [6, 6.07) is 12.3. The number of esters is 1. The fraction of sp³-hybridized carbons (Fsp3) is 0.0769. The van der Waals surface area contributed by atoms with Crippen molar-refractivity contribution in [3.05, 3.63) is 59.0 Å². The van der Waals surface area contributed by atoms with E-state index in [-0.39, 0.29) is 11.3 Å². The molecule has 86 valence electrons. The van der Waals surface area contributed by atoms with E-state index in [1.807, 2.05) is 18.2 Å². The molecule has 1 heterocycles. The molecule has 0 radical (unpaired) electrons. The maximum Gasteiger partial charge on any atom is 0.308 e. The van der Waals surface area contributed by atoms with Crippen LogP contribution in [0.3, 0.4) is 0 Å². The average molecular weight is 229 g/mol. The van der Waals surface area contributed by atoms with Crippen molar-refractivity contribution >= 4 is 5.97 Å². The van der Waals surface area contributed by atoms with Gasteiger partial charge in [0.25, 0.3) is 5.56 Å². The highest BCUT2D eigenvalue weighted by Gasteiger charge is 2.07. The summed E-state index contributed by atoms with van der Waals surface area (Å²) in [5, 5.41) is 0.